The van der Waals surface area contributed by atoms with Gasteiger partial charge in [-0.1, -0.05) is 134 Å². The van der Waals surface area contributed by atoms with Gasteiger partial charge in [0.2, 0.25) is 6.29 Å². The first-order valence-corrected chi connectivity index (χ1v) is 20.3. The second-order valence-corrected chi connectivity index (χ2v) is 16.2. The van der Waals surface area contributed by atoms with Crippen LogP contribution in [0.2, 0.25) is 0 Å². The number of hydrogen-bond donors (Lipinski definition) is 1. The van der Waals surface area contributed by atoms with Gasteiger partial charge in [0, 0.05) is 50.3 Å². The Bertz CT molecular complexity index is 3390. The molecule has 0 bridgehead atoms. The average molecular weight is 732 g/mol. The highest BCUT2D eigenvalue weighted by Crippen LogP contribution is 2.46. The van der Waals surface area contributed by atoms with Crippen molar-refractivity contribution in [2.75, 3.05) is 5.32 Å². The van der Waals surface area contributed by atoms with Crippen molar-refractivity contribution >= 4 is 94.1 Å². The van der Waals surface area contributed by atoms with Crippen LogP contribution in [0.3, 0.4) is 0 Å². The van der Waals surface area contributed by atoms with Crippen molar-refractivity contribution in [3.05, 3.63) is 179 Å². The Kier molecular flexibility index (Phi) is 6.35. The van der Waals surface area contributed by atoms with E-state index in [-0.39, 0.29) is 12.2 Å². The molecule has 0 fully saturated rings. The van der Waals surface area contributed by atoms with E-state index in [4.69, 9.17) is 9.41 Å². The average Bonchev–Trinajstić information content (AvgIpc) is 3.81. The number of allylic oxidation sites excluding steroid dienone is 2. The summed E-state index contributed by atoms with van der Waals surface area (Å²) in [7, 11) is 0. The molecule has 13 rings (SSSR count). The quantitative estimate of drug-likeness (QED) is 0.145. The van der Waals surface area contributed by atoms with Crippen LogP contribution in [0.1, 0.15) is 71.2 Å². The largest absolute Gasteiger partial charge is 0.460 e. The Balaban J connectivity index is 1.03. The molecule has 3 heterocycles. The van der Waals surface area contributed by atoms with Crippen molar-refractivity contribution in [2.45, 2.75) is 38.4 Å². The Morgan fingerprint density at radius 1 is 0.667 bits per heavy atom. The first-order valence-electron chi connectivity index (χ1n) is 20.3. The normalized spacial score (nSPS) is 17.6. The van der Waals surface area contributed by atoms with Crippen LogP contribution in [0.25, 0.3) is 82.7 Å². The van der Waals surface area contributed by atoms with Crippen molar-refractivity contribution < 1.29 is 4.42 Å². The summed E-state index contributed by atoms with van der Waals surface area (Å²) in [5, 5.41) is 16.7. The van der Waals surface area contributed by atoms with Gasteiger partial charge >= 0.3 is 0 Å². The van der Waals surface area contributed by atoms with Gasteiger partial charge in [0.15, 0.2) is 0 Å². The summed E-state index contributed by atoms with van der Waals surface area (Å²) in [4.78, 5) is 5.76. The van der Waals surface area contributed by atoms with Crippen LogP contribution < -0.4 is 5.32 Å². The van der Waals surface area contributed by atoms with Gasteiger partial charge < -0.3 is 14.3 Å². The molecule has 57 heavy (non-hydrogen) atoms. The molecule has 0 saturated carbocycles. The van der Waals surface area contributed by atoms with Crippen molar-refractivity contribution in [3.63, 3.8) is 0 Å². The van der Waals surface area contributed by atoms with Gasteiger partial charge in [-0.15, -0.1) is 0 Å². The summed E-state index contributed by atoms with van der Waals surface area (Å²) in [5.41, 5.74) is 13.1. The van der Waals surface area contributed by atoms with E-state index < -0.39 is 0 Å². The lowest BCUT2D eigenvalue weighted by molar-refractivity contribution is 0.506. The van der Waals surface area contributed by atoms with Crippen LogP contribution in [0.5, 0.6) is 0 Å². The van der Waals surface area contributed by atoms with Crippen molar-refractivity contribution in [2.24, 2.45) is 4.99 Å². The van der Waals surface area contributed by atoms with Gasteiger partial charge in [-0.25, -0.2) is 4.99 Å². The molecule has 1 aliphatic heterocycles. The van der Waals surface area contributed by atoms with Gasteiger partial charge in [0.1, 0.15) is 11.3 Å². The van der Waals surface area contributed by atoms with E-state index >= 15 is 0 Å². The molecular weight excluding hydrogens is 695 g/mol. The molecule has 8 aromatic carbocycles. The van der Waals surface area contributed by atoms with E-state index in [0.717, 1.165) is 53.1 Å². The van der Waals surface area contributed by atoms with Crippen LogP contribution in [-0.2, 0) is 6.42 Å². The lowest BCUT2D eigenvalue weighted by Gasteiger charge is -2.30. The fourth-order valence-electron chi connectivity index (χ4n) is 10.6. The lowest BCUT2D eigenvalue weighted by atomic mass is 9.85. The third kappa shape index (κ3) is 4.36. The van der Waals surface area contributed by atoms with Gasteiger partial charge in [-0.2, -0.15) is 0 Å². The molecule has 0 radical (unpaired) electrons. The third-order valence-corrected chi connectivity index (χ3v) is 13.1. The van der Waals surface area contributed by atoms with Gasteiger partial charge in [-0.3, -0.25) is 0 Å². The fraction of sp³-hybridized carbons (Fsp3) is 0.113. The van der Waals surface area contributed by atoms with Crippen LogP contribution in [0.15, 0.2) is 149 Å². The number of nitrogens with zero attached hydrogens (tertiary/aromatic N) is 2. The van der Waals surface area contributed by atoms with E-state index in [1.807, 2.05) is 0 Å². The van der Waals surface area contributed by atoms with Crippen molar-refractivity contribution in [3.8, 4) is 0 Å². The number of fused-ring (bicyclic) bond motifs is 9. The molecule has 4 heteroatoms. The molecule has 2 aliphatic carbocycles. The second-order valence-electron chi connectivity index (χ2n) is 16.2. The summed E-state index contributed by atoms with van der Waals surface area (Å²) in [6.45, 7) is 2.29. The molecule has 270 valence electrons. The molecule has 10 aromatic rings. The number of rotatable bonds is 3. The number of anilines is 1. The zero-order valence-corrected chi connectivity index (χ0v) is 31.5. The van der Waals surface area contributed by atoms with Gasteiger partial charge in [-0.05, 0) is 97.8 Å². The highest BCUT2D eigenvalue weighted by Gasteiger charge is 2.30. The molecular formula is C53H37N3O. The fourth-order valence-corrected chi connectivity index (χ4v) is 10.6. The number of benzene rings is 8. The lowest BCUT2D eigenvalue weighted by Crippen LogP contribution is -2.26. The minimum Gasteiger partial charge on any atom is -0.460 e. The molecule has 0 saturated heterocycles. The Labute approximate surface area is 329 Å². The number of aliphatic imine (C=N–C) groups is 1. The first-order chi connectivity index (χ1) is 28.2. The molecule has 1 N–H and O–H groups in total. The molecule has 2 unspecified atom stereocenters. The van der Waals surface area contributed by atoms with E-state index in [2.05, 4.69) is 168 Å². The van der Waals surface area contributed by atoms with E-state index in [0.29, 0.717) is 0 Å². The van der Waals surface area contributed by atoms with Crippen LogP contribution in [-0.4, -0.2) is 10.3 Å². The topological polar surface area (TPSA) is 42.5 Å². The highest BCUT2D eigenvalue weighted by atomic mass is 16.3. The van der Waals surface area contributed by atoms with E-state index in [1.54, 1.807) is 0 Å². The monoisotopic (exact) mass is 731 g/mol. The molecule has 0 amide bonds. The maximum atomic E-state index is 6.38. The number of para-hydroxylation sites is 2. The van der Waals surface area contributed by atoms with Crippen LogP contribution in [0.4, 0.5) is 5.69 Å². The Morgan fingerprint density at radius 2 is 1.40 bits per heavy atom. The number of nitrogens with one attached hydrogen (secondary N) is 1. The standard InChI is InChI=1S/C53H37N3O/c1-30-27-33(28-44-36-14-4-7-22-48(36)57-52(30)44)32-23-24-35-34-13-3-6-21-46(34)56(47(35)29-32)53-54-45-20-5-2-15-43(45)51(55-53)42-26-25-41-38-17-9-12-31-11-8-16-37(49(31)38)39-18-10-19-40(42)50(39)41/h2-5,7-20,22-26,28-30,53-54H,6,21,27H2,1H3. The molecule has 2 aromatic heterocycles. The third-order valence-electron chi connectivity index (χ3n) is 13.1. The maximum Gasteiger partial charge on any atom is 0.201 e. The van der Waals surface area contributed by atoms with Gasteiger partial charge in [0.25, 0.3) is 0 Å². The minimum atomic E-state index is -0.327. The summed E-state index contributed by atoms with van der Waals surface area (Å²) in [5.74, 6) is 1.38. The smallest absolute Gasteiger partial charge is 0.201 e. The number of aromatic nitrogens is 1. The number of hydrogen-bond acceptors (Lipinski definition) is 3. The highest BCUT2D eigenvalue weighted by molar-refractivity contribution is 6.35. The summed E-state index contributed by atoms with van der Waals surface area (Å²) in [6, 6.07) is 49.1. The second kappa shape index (κ2) is 11.6. The molecule has 0 spiro atoms. The zero-order chi connectivity index (χ0) is 37.4. The van der Waals surface area contributed by atoms with Crippen molar-refractivity contribution in [1.82, 2.24) is 4.57 Å². The number of furan rings is 1. The minimum absolute atomic E-state index is 0.290. The van der Waals surface area contributed by atoms with Crippen LogP contribution >= 0.6 is 0 Å². The Morgan fingerprint density at radius 3 is 2.30 bits per heavy atom. The summed E-state index contributed by atoms with van der Waals surface area (Å²) in [6.07, 6.45) is 9.61. The predicted molar refractivity (Wildman–Crippen MR) is 239 cm³/mol. The van der Waals surface area contributed by atoms with Crippen molar-refractivity contribution in [1.29, 1.82) is 0 Å². The van der Waals surface area contributed by atoms with Crippen LogP contribution in [0, 0.1) is 0 Å². The molecule has 3 aliphatic rings. The summed E-state index contributed by atoms with van der Waals surface area (Å²) >= 11 is 0. The maximum absolute atomic E-state index is 6.38. The predicted octanol–water partition coefficient (Wildman–Crippen LogP) is 13.9. The van der Waals surface area contributed by atoms with Gasteiger partial charge in [0.05, 0.1) is 11.2 Å². The SMILES string of the molecule is CC1CC(c2ccc3c4c(n(C5N=C(c6ccc7c8cccc9cccc(c%10cccc6c%107)c98)c6ccccc6N5)c3c2)CCC=C4)=Cc2c1oc1ccccc21. The summed E-state index contributed by atoms with van der Waals surface area (Å²) < 4.78 is 8.89. The van der Waals surface area contributed by atoms with E-state index in [1.165, 1.54) is 87.3 Å². The van der Waals surface area contributed by atoms with E-state index in [9.17, 15) is 0 Å². The first kappa shape index (κ1) is 31.3. The molecule has 2 atom stereocenters. The Hall–Kier alpha value is -6.91. The zero-order valence-electron chi connectivity index (χ0n) is 31.5. The molecule has 4 nitrogen and oxygen atoms in total.